The van der Waals surface area contributed by atoms with Crippen molar-refractivity contribution in [2.45, 2.75) is 59.9 Å². The van der Waals surface area contributed by atoms with E-state index in [-0.39, 0.29) is 0 Å². The lowest BCUT2D eigenvalue weighted by Crippen LogP contribution is -2.20. The summed E-state index contributed by atoms with van der Waals surface area (Å²) in [6.45, 7) is 11.6. The Morgan fingerprint density at radius 3 is 2.76 bits per heavy atom. The quantitative estimate of drug-likeness (QED) is 0.655. The zero-order valence-electron chi connectivity index (χ0n) is 14.2. The Labute approximate surface area is 130 Å². The summed E-state index contributed by atoms with van der Waals surface area (Å²) in [6, 6.07) is 1.99. The SMILES string of the molecule is CCCCC(CC)COc1ccncc1CNCC(C)C. The molecule has 0 bridgehead atoms. The number of ether oxygens (including phenoxy) is 1. The molecule has 0 saturated carbocycles. The normalized spacial score (nSPS) is 12.6. The lowest BCUT2D eigenvalue weighted by atomic mass is 10.0. The molecule has 1 aromatic heterocycles. The van der Waals surface area contributed by atoms with Crippen LogP contribution in [0.15, 0.2) is 18.5 Å². The molecule has 21 heavy (non-hydrogen) atoms. The average Bonchev–Trinajstić information content (AvgIpc) is 2.48. The van der Waals surface area contributed by atoms with Crippen LogP contribution in [0.3, 0.4) is 0 Å². The van der Waals surface area contributed by atoms with Crippen LogP contribution in [0.25, 0.3) is 0 Å². The molecule has 0 radical (unpaired) electrons. The molecule has 0 spiro atoms. The first-order valence-electron chi connectivity index (χ1n) is 8.43. The van der Waals surface area contributed by atoms with Crippen LogP contribution in [0.2, 0.25) is 0 Å². The van der Waals surface area contributed by atoms with Crippen molar-refractivity contribution in [2.75, 3.05) is 13.2 Å². The van der Waals surface area contributed by atoms with Gasteiger partial charge in [0.05, 0.1) is 6.61 Å². The van der Waals surface area contributed by atoms with E-state index < -0.39 is 0 Å². The van der Waals surface area contributed by atoms with Gasteiger partial charge in [0.25, 0.3) is 0 Å². The maximum Gasteiger partial charge on any atom is 0.126 e. The topological polar surface area (TPSA) is 34.1 Å². The number of rotatable bonds is 11. The molecule has 0 aliphatic rings. The third kappa shape index (κ3) is 7.47. The highest BCUT2D eigenvalue weighted by Crippen LogP contribution is 2.20. The number of aromatic nitrogens is 1. The standard InChI is InChI=1S/C18H32N2O/c1-5-7-8-16(6-2)14-21-18-9-10-19-12-17(18)13-20-11-15(3)4/h9-10,12,15-16,20H,5-8,11,13-14H2,1-4H3. The highest BCUT2D eigenvalue weighted by atomic mass is 16.5. The lowest BCUT2D eigenvalue weighted by molar-refractivity contribution is 0.231. The molecule has 0 aromatic carbocycles. The zero-order chi connectivity index (χ0) is 15.5. The minimum Gasteiger partial charge on any atom is -0.493 e. The summed E-state index contributed by atoms with van der Waals surface area (Å²) in [5.41, 5.74) is 1.16. The number of hydrogen-bond donors (Lipinski definition) is 1. The molecule has 0 aliphatic carbocycles. The Balaban J connectivity index is 2.49. The Hall–Kier alpha value is -1.09. The van der Waals surface area contributed by atoms with Crippen LogP contribution in [0.1, 0.15) is 58.9 Å². The summed E-state index contributed by atoms with van der Waals surface area (Å²) in [4.78, 5) is 4.22. The molecular formula is C18H32N2O. The van der Waals surface area contributed by atoms with Crippen LogP contribution >= 0.6 is 0 Å². The Morgan fingerprint density at radius 1 is 1.29 bits per heavy atom. The predicted octanol–water partition coefficient (Wildman–Crippen LogP) is 4.42. The van der Waals surface area contributed by atoms with Crippen molar-refractivity contribution < 1.29 is 4.74 Å². The van der Waals surface area contributed by atoms with E-state index >= 15 is 0 Å². The van der Waals surface area contributed by atoms with E-state index in [1.54, 1.807) is 0 Å². The molecule has 3 nitrogen and oxygen atoms in total. The summed E-state index contributed by atoms with van der Waals surface area (Å²) in [6.07, 6.45) is 8.73. The van der Waals surface area contributed by atoms with Gasteiger partial charge in [0.1, 0.15) is 5.75 Å². The number of nitrogens with one attached hydrogen (secondary N) is 1. The molecule has 1 rings (SSSR count). The molecule has 1 atom stereocenters. The Morgan fingerprint density at radius 2 is 2.10 bits per heavy atom. The van der Waals surface area contributed by atoms with E-state index in [4.69, 9.17) is 4.74 Å². The van der Waals surface area contributed by atoms with Gasteiger partial charge < -0.3 is 10.1 Å². The van der Waals surface area contributed by atoms with Crippen LogP contribution in [0.5, 0.6) is 5.75 Å². The van der Waals surface area contributed by atoms with Gasteiger partial charge in [-0.25, -0.2) is 0 Å². The summed E-state index contributed by atoms with van der Waals surface area (Å²) < 4.78 is 6.06. The largest absolute Gasteiger partial charge is 0.493 e. The fraction of sp³-hybridized carbons (Fsp3) is 0.722. The van der Waals surface area contributed by atoms with Crippen LogP contribution in [0.4, 0.5) is 0 Å². The second-order valence-corrected chi connectivity index (χ2v) is 6.24. The maximum absolute atomic E-state index is 6.06. The fourth-order valence-electron chi connectivity index (χ4n) is 2.29. The molecule has 120 valence electrons. The second kappa shape index (κ2) is 10.6. The molecule has 1 aromatic rings. The molecule has 1 unspecified atom stereocenters. The summed E-state index contributed by atoms with van der Waals surface area (Å²) >= 11 is 0. The van der Waals surface area contributed by atoms with E-state index in [2.05, 4.69) is 38.0 Å². The van der Waals surface area contributed by atoms with Gasteiger partial charge in [-0.05, 0) is 30.9 Å². The van der Waals surface area contributed by atoms with E-state index in [9.17, 15) is 0 Å². The third-order valence-corrected chi connectivity index (χ3v) is 3.74. The summed E-state index contributed by atoms with van der Waals surface area (Å²) in [5.74, 6) is 2.30. The van der Waals surface area contributed by atoms with Crippen molar-refractivity contribution in [2.24, 2.45) is 11.8 Å². The van der Waals surface area contributed by atoms with Gasteiger partial charge in [-0.3, -0.25) is 4.98 Å². The average molecular weight is 292 g/mol. The number of unbranched alkanes of at least 4 members (excludes halogenated alkanes) is 1. The van der Waals surface area contributed by atoms with Crippen molar-refractivity contribution in [3.63, 3.8) is 0 Å². The molecule has 0 aliphatic heterocycles. The number of pyridine rings is 1. The van der Waals surface area contributed by atoms with Gasteiger partial charge in [0.2, 0.25) is 0 Å². The van der Waals surface area contributed by atoms with Crippen LogP contribution < -0.4 is 10.1 Å². The lowest BCUT2D eigenvalue weighted by Gasteiger charge is -2.17. The van der Waals surface area contributed by atoms with Crippen molar-refractivity contribution in [3.8, 4) is 5.75 Å². The van der Waals surface area contributed by atoms with Gasteiger partial charge in [-0.1, -0.05) is 47.0 Å². The van der Waals surface area contributed by atoms with E-state index in [1.807, 2.05) is 18.5 Å². The smallest absolute Gasteiger partial charge is 0.126 e. The third-order valence-electron chi connectivity index (χ3n) is 3.74. The monoisotopic (exact) mass is 292 g/mol. The van der Waals surface area contributed by atoms with Gasteiger partial charge >= 0.3 is 0 Å². The fourth-order valence-corrected chi connectivity index (χ4v) is 2.29. The highest BCUT2D eigenvalue weighted by Gasteiger charge is 2.09. The summed E-state index contributed by atoms with van der Waals surface area (Å²) in [5, 5.41) is 3.46. The van der Waals surface area contributed by atoms with Crippen LogP contribution in [-0.4, -0.2) is 18.1 Å². The summed E-state index contributed by atoms with van der Waals surface area (Å²) in [7, 11) is 0. The van der Waals surface area contributed by atoms with E-state index in [0.717, 1.165) is 31.0 Å². The van der Waals surface area contributed by atoms with Gasteiger partial charge in [0, 0.05) is 24.5 Å². The molecule has 0 saturated heterocycles. The zero-order valence-corrected chi connectivity index (χ0v) is 14.2. The number of hydrogen-bond acceptors (Lipinski definition) is 3. The van der Waals surface area contributed by atoms with Crippen LogP contribution in [-0.2, 0) is 6.54 Å². The van der Waals surface area contributed by atoms with Crippen molar-refractivity contribution in [3.05, 3.63) is 24.0 Å². The van der Waals surface area contributed by atoms with E-state index in [1.165, 1.54) is 25.7 Å². The van der Waals surface area contributed by atoms with Crippen molar-refractivity contribution in [1.29, 1.82) is 0 Å². The van der Waals surface area contributed by atoms with Crippen LogP contribution in [0, 0.1) is 11.8 Å². The maximum atomic E-state index is 6.06. The van der Waals surface area contributed by atoms with Gasteiger partial charge in [-0.2, -0.15) is 0 Å². The molecule has 3 heteroatoms. The minimum atomic E-state index is 0.657. The second-order valence-electron chi connectivity index (χ2n) is 6.24. The first-order valence-corrected chi connectivity index (χ1v) is 8.43. The Kier molecular flexibility index (Phi) is 9.07. The van der Waals surface area contributed by atoms with Gasteiger partial charge in [0.15, 0.2) is 0 Å². The van der Waals surface area contributed by atoms with Gasteiger partial charge in [-0.15, -0.1) is 0 Å². The molecule has 1 heterocycles. The molecule has 0 fully saturated rings. The van der Waals surface area contributed by atoms with Crippen molar-refractivity contribution in [1.82, 2.24) is 10.3 Å². The van der Waals surface area contributed by atoms with E-state index in [0.29, 0.717) is 11.8 Å². The minimum absolute atomic E-state index is 0.657. The highest BCUT2D eigenvalue weighted by molar-refractivity contribution is 5.29. The predicted molar refractivity (Wildman–Crippen MR) is 89.6 cm³/mol. The molecular weight excluding hydrogens is 260 g/mol. The first kappa shape index (κ1) is 18.0. The first-order chi connectivity index (χ1) is 10.2. The van der Waals surface area contributed by atoms with Crippen molar-refractivity contribution >= 4 is 0 Å². The molecule has 0 amide bonds. The Bertz CT molecular complexity index is 379. The number of nitrogens with zero attached hydrogens (tertiary/aromatic N) is 1. The molecule has 1 N–H and O–H groups in total.